The number of aryl methyl sites for hydroxylation is 2. The minimum atomic E-state index is -5.08. The van der Waals surface area contributed by atoms with Crippen LogP contribution in [0.5, 0.6) is 0 Å². The van der Waals surface area contributed by atoms with Crippen molar-refractivity contribution in [2.24, 2.45) is 5.73 Å². The fraction of sp³-hybridized carbons (Fsp3) is 0.290. The summed E-state index contributed by atoms with van der Waals surface area (Å²) in [7, 11) is 0. The van der Waals surface area contributed by atoms with Gasteiger partial charge in [-0.05, 0) is 78.7 Å². The summed E-state index contributed by atoms with van der Waals surface area (Å²) >= 11 is 0. The molecule has 0 radical (unpaired) electrons. The molecule has 2 heterocycles. The van der Waals surface area contributed by atoms with E-state index in [2.05, 4.69) is 46.7 Å². The highest BCUT2D eigenvalue weighted by atomic mass is 19.4. The van der Waals surface area contributed by atoms with Crippen molar-refractivity contribution < 1.29 is 33.0 Å². The summed E-state index contributed by atoms with van der Waals surface area (Å²) in [4.78, 5) is 25.1. The first-order valence-corrected chi connectivity index (χ1v) is 13.7. The molecule has 1 aliphatic rings. The number of carbonyl (C=O) groups is 2. The number of alkyl halides is 3. The fourth-order valence-corrected chi connectivity index (χ4v) is 4.92. The molecule has 1 aliphatic carbocycles. The van der Waals surface area contributed by atoms with E-state index in [4.69, 9.17) is 20.7 Å². The van der Waals surface area contributed by atoms with E-state index in [1.54, 1.807) is 10.9 Å². The summed E-state index contributed by atoms with van der Waals surface area (Å²) in [5, 5.41) is 25.2. The molecule has 5 N–H and O–H groups in total. The maximum atomic E-state index is 12.0. The molecule has 0 unspecified atom stereocenters. The van der Waals surface area contributed by atoms with Gasteiger partial charge in [0.25, 0.3) is 0 Å². The van der Waals surface area contributed by atoms with E-state index in [0.717, 1.165) is 60.3 Å². The van der Waals surface area contributed by atoms with E-state index in [1.807, 2.05) is 24.4 Å². The van der Waals surface area contributed by atoms with Gasteiger partial charge in [0.05, 0.1) is 5.69 Å². The minimum absolute atomic E-state index is 0.324. The monoisotopic (exact) mass is 595 g/mol. The number of nitrogens with two attached hydrogens (primary N) is 1. The molecule has 0 saturated carbocycles. The number of carboxylic acids is 2. The standard InChI is InChI=1S/C29H31N5O2.C2HF3O2/c30-18-21-3-1-4-23(17-21)22-7-5-20(6-8-22)11-14-31-13-2-16-34-28(29(35)36)26-10-9-24-19-32-15-12-25(24)27(26)33-34;3-2(4,5)1(6)7/h1,3-8,12,15,17,19,31H,2,9-11,13-14,16,18,30H2,(H,35,36);(H,6,7). The molecule has 0 saturated heterocycles. The maximum Gasteiger partial charge on any atom is 0.490 e. The first-order chi connectivity index (χ1) is 20.6. The number of aliphatic carboxylic acids is 1. The SMILES string of the molecule is NCc1cccc(-c2ccc(CCNCCCn3nc4c(c3C(=O)O)CCc3cnccc3-4)cc2)c1.O=C(O)C(F)(F)F. The van der Waals surface area contributed by atoms with E-state index in [-0.39, 0.29) is 0 Å². The van der Waals surface area contributed by atoms with Gasteiger partial charge in [0.1, 0.15) is 5.69 Å². The molecule has 5 rings (SSSR count). The molecule has 9 nitrogen and oxygen atoms in total. The summed E-state index contributed by atoms with van der Waals surface area (Å²) in [6, 6.07) is 18.9. The summed E-state index contributed by atoms with van der Waals surface area (Å²) in [6.07, 6.45) is 1.74. The van der Waals surface area contributed by atoms with Crippen molar-refractivity contribution in [1.29, 1.82) is 0 Å². The van der Waals surface area contributed by atoms with Crippen LogP contribution in [0, 0.1) is 0 Å². The third-order valence-electron chi connectivity index (χ3n) is 7.06. The lowest BCUT2D eigenvalue weighted by atomic mass is 9.90. The van der Waals surface area contributed by atoms with Gasteiger partial charge in [-0.3, -0.25) is 9.67 Å². The smallest absolute Gasteiger partial charge is 0.477 e. The highest BCUT2D eigenvalue weighted by Gasteiger charge is 2.38. The number of fused-ring (bicyclic) bond motifs is 3. The summed E-state index contributed by atoms with van der Waals surface area (Å²) in [6.45, 7) is 2.78. The lowest BCUT2D eigenvalue weighted by Gasteiger charge is -2.14. The minimum Gasteiger partial charge on any atom is -0.477 e. The average molecular weight is 596 g/mol. The largest absolute Gasteiger partial charge is 0.490 e. The number of rotatable bonds is 10. The first kappa shape index (κ1) is 31.4. The highest BCUT2D eigenvalue weighted by molar-refractivity contribution is 5.90. The lowest BCUT2D eigenvalue weighted by molar-refractivity contribution is -0.192. The molecule has 2 aromatic heterocycles. The van der Waals surface area contributed by atoms with Crippen LogP contribution < -0.4 is 11.1 Å². The number of carboxylic acid groups (broad SMARTS) is 2. The van der Waals surface area contributed by atoms with E-state index in [1.165, 1.54) is 16.7 Å². The zero-order valence-electron chi connectivity index (χ0n) is 23.3. The van der Waals surface area contributed by atoms with Crippen molar-refractivity contribution in [2.45, 2.75) is 44.9 Å². The number of aromatic nitrogens is 3. The van der Waals surface area contributed by atoms with Gasteiger partial charge >= 0.3 is 18.1 Å². The van der Waals surface area contributed by atoms with E-state index < -0.39 is 18.1 Å². The molecule has 4 aromatic rings. The van der Waals surface area contributed by atoms with Crippen LogP contribution in [0.4, 0.5) is 13.2 Å². The van der Waals surface area contributed by atoms with Crippen LogP contribution in [0.2, 0.25) is 0 Å². The van der Waals surface area contributed by atoms with Crippen molar-refractivity contribution in [3.63, 3.8) is 0 Å². The van der Waals surface area contributed by atoms with Gasteiger partial charge in [-0.2, -0.15) is 18.3 Å². The van der Waals surface area contributed by atoms with Gasteiger partial charge < -0.3 is 21.3 Å². The van der Waals surface area contributed by atoms with Crippen molar-refractivity contribution in [1.82, 2.24) is 20.1 Å². The Balaban J connectivity index is 0.000000541. The maximum absolute atomic E-state index is 12.0. The molecule has 0 aliphatic heterocycles. The molecule has 0 amide bonds. The van der Waals surface area contributed by atoms with Crippen molar-refractivity contribution in [2.75, 3.05) is 13.1 Å². The summed E-state index contributed by atoms with van der Waals surface area (Å²) in [5.41, 5.74) is 14.6. The van der Waals surface area contributed by atoms with Crippen LogP contribution in [-0.4, -0.2) is 56.2 Å². The van der Waals surface area contributed by atoms with Gasteiger partial charge in [-0.1, -0.05) is 42.5 Å². The van der Waals surface area contributed by atoms with Crippen LogP contribution in [0.25, 0.3) is 22.4 Å². The van der Waals surface area contributed by atoms with Gasteiger partial charge in [-0.15, -0.1) is 0 Å². The second-order valence-electron chi connectivity index (χ2n) is 9.99. The Bertz CT molecular complexity index is 1570. The summed E-state index contributed by atoms with van der Waals surface area (Å²) < 4.78 is 33.4. The molecule has 43 heavy (non-hydrogen) atoms. The predicted octanol–water partition coefficient (Wildman–Crippen LogP) is 4.72. The molecule has 226 valence electrons. The third-order valence-corrected chi connectivity index (χ3v) is 7.06. The Morgan fingerprint density at radius 1 is 0.977 bits per heavy atom. The molecule has 2 aromatic carbocycles. The Morgan fingerprint density at radius 2 is 1.72 bits per heavy atom. The molecule has 12 heteroatoms. The summed E-state index contributed by atoms with van der Waals surface area (Å²) in [5.74, 6) is -3.67. The molecule has 0 atom stereocenters. The molecular formula is C31H32F3N5O4. The van der Waals surface area contributed by atoms with E-state index >= 15 is 0 Å². The Kier molecular flexibility index (Phi) is 10.3. The van der Waals surface area contributed by atoms with Crippen molar-refractivity contribution >= 4 is 11.9 Å². The van der Waals surface area contributed by atoms with Crippen LogP contribution in [-0.2, 0) is 37.1 Å². The number of nitrogens with zero attached hydrogens (tertiary/aromatic N) is 3. The van der Waals surface area contributed by atoms with Gasteiger partial charge in [0.15, 0.2) is 0 Å². The van der Waals surface area contributed by atoms with Gasteiger partial charge in [-0.25, -0.2) is 9.59 Å². The number of hydrogen-bond donors (Lipinski definition) is 4. The molecule has 0 spiro atoms. The van der Waals surface area contributed by atoms with Crippen molar-refractivity contribution in [3.8, 4) is 22.4 Å². The van der Waals surface area contributed by atoms with Gasteiger partial charge in [0.2, 0.25) is 0 Å². The second-order valence-corrected chi connectivity index (χ2v) is 9.99. The van der Waals surface area contributed by atoms with Crippen LogP contribution in [0.3, 0.4) is 0 Å². The van der Waals surface area contributed by atoms with Crippen LogP contribution in [0.15, 0.2) is 67.0 Å². The number of aromatic carboxylic acids is 1. The lowest BCUT2D eigenvalue weighted by Crippen LogP contribution is -2.21. The number of pyridine rings is 1. The van der Waals surface area contributed by atoms with Crippen LogP contribution >= 0.6 is 0 Å². The predicted molar refractivity (Wildman–Crippen MR) is 154 cm³/mol. The van der Waals surface area contributed by atoms with E-state index in [0.29, 0.717) is 25.2 Å². The topological polar surface area (TPSA) is 143 Å². The Hall–Kier alpha value is -4.55. The zero-order valence-corrected chi connectivity index (χ0v) is 23.3. The molecule has 0 bridgehead atoms. The average Bonchev–Trinajstić information content (AvgIpc) is 3.38. The number of hydrogen-bond acceptors (Lipinski definition) is 6. The first-order valence-electron chi connectivity index (χ1n) is 13.7. The third kappa shape index (κ3) is 8.05. The highest BCUT2D eigenvalue weighted by Crippen LogP contribution is 2.34. The quantitative estimate of drug-likeness (QED) is 0.193. The molecular weight excluding hydrogens is 563 g/mol. The van der Waals surface area contributed by atoms with E-state index in [9.17, 15) is 23.1 Å². The molecule has 0 fully saturated rings. The van der Waals surface area contributed by atoms with Crippen LogP contribution in [0.1, 0.15) is 39.2 Å². The number of benzene rings is 2. The normalized spacial score (nSPS) is 12.1. The Labute approximate surface area is 246 Å². The number of halogens is 3. The fourth-order valence-electron chi connectivity index (χ4n) is 4.92. The van der Waals surface area contributed by atoms with Crippen molar-refractivity contribution in [3.05, 3.63) is 94.9 Å². The number of nitrogens with one attached hydrogen (secondary N) is 1. The zero-order chi connectivity index (χ0) is 31.0. The second kappa shape index (κ2) is 14.1. The Morgan fingerprint density at radius 3 is 2.40 bits per heavy atom. The van der Waals surface area contributed by atoms with Gasteiger partial charge in [0, 0.05) is 36.6 Å².